The van der Waals surface area contributed by atoms with Crippen LogP contribution in [0.2, 0.25) is 5.02 Å². The third-order valence-electron chi connectivity index (χ3n) is 8.27. The summed E-state index contributed by atoms with van der Waals surface area (Å²) in [6.07, 6.45) is 12.5. The highest BCUT2D eigenvalue weighted by Crippen LogP contribution is 2.36. The zero-order valence-corrected chi connectivity index (χ0v) is 22.5. The van der Waals surface area contributed by atoms with Crippen molar-refractivity contribution in [3.8, 4) is 11.3 Å². The van der Waals surface area contributed by atoms with E-state index in [1.54, 1.807) is 0 Å². The van der Waals surface area contributed by atoms with E-state index in [1.807, 2.05) is 35.0 Å². The van der Waals surface area contributed by atoms with Gasteiger partial charge in [-0.05, 0) is 76.6 Å². The lowest BCUT2D eigenvalue weighted by Crippen LogP contribution is -2.45. The van der Waals surface area contributed by atoms with Gasteiger partial charge < -0.3 is 15.5 Å². The Hall–Kier alpha value is -2.38. The lowest BCUT2D eigenvalue weighted by molar-refractivity contribution is -0.122. The summed E-state index contributed by atoms with van der Waals surface area (Å²) >= 11 is 6.55. The number of amides is 2. The summed E-state index contributed by atoms with van der Waals surface area (Å²) < 4.78 is 2.01. The standard InChI is InChI=1S/C29H40ClN5O2/c30-25-14-5-4-13-24(25)27-20-26(33-35(27)23-11-2-3-12-23)29(37)32-22(15-18-34-16-6-1-7-17-34)19-28(36)31-21-9-8-10-21/h4-5,13-14,20-23H,1-3,6-12,15-19H2,(H,31,36)(H,32,37)/t22-/m0/s1. The number of aromatic nitrogens is 2. The minimum absolute atomic E-state index is 0.0295. The predicted octanol–water partition coefficient (Wildman–Crippen LogP) is 5.35. The number of benzene rings is 1. The topological polar surface area (TPSA) is 79.3 Å². The summed E-state index contributed by atoms with van der Waals surface area (Å²) in [4.78, 5) is 28.7. The third-order valence-corrected chi connectivity index (χ3v) is 8.60. The van der Waals surface area contributed by atoms with E-state index in [0.29, 0.717) is 23.2 Å². The molecule has 2 aliphatic carbocycles. The fraction of sp³-hybridized carbons (Fsp3) is 0.621. The molecule has 3 fully saturated rings. The maximum atomic E-state index is 13.5. The first kappa shape index (κ1) is 26.2. The van der Waals surface area contributed by atoms with Gasteiger partial charge in [0.25, 0.3) is 5.91 Å². The second kappa shape index (κ2) is 12.4. The van der Waals surface area contributed by atoms with Gasteiger partial charge in [0.2, 0.25) is 5.91 Å². The van der Waals surface area contributed by atoms with Crippen LogP contribution in [0.1, 0.15) is 93.6 Å². The number of nitrogens with zero attached hydrogens (tertiary/aromatic N) is 3. The van der Waals surface area contributed by atoms with Crippen molar-refractivity contribution < 1.29 is 9.59 Å². The van der Waals surface area contributed by atoms with Crippen LogP contribution in [-0.2, 0) is 4.79 Å². The minimum atomic E-state index is -0.227. The Morgan fingerprint density at radius 1 is 1.00 bits per heavy atom. The van der Waals surface area contributed by atoms with Crippen LogP contribution >= 0.6 is 11.6 Å². The molecule has 1 aromatic heterocycles. The smallest absolute Gasteiger partial charge is 0.272 e. The second-order valence-electron chi connectivity index (χ2n) is 11.0. The number of hydrogen-bond donors (Lipinski definition) is 2. The van der Waals surface area contributed by atoms with Crippen molar-refractivity contribution >= 4 is 23.4 Å². The van der Waals surface area contributed by atoms with Crippen molar-refractivity contribution in [2.75, 3.05) is 19.6 Å². The molecule has 37 heavy (non-hydrogen) atoms. The SMILES string of the molecule is O=C(C[C@H](CCN1CCCCC1)NC(=O)c1cc(-c2ccccc2Cl)n(C2CCCC2)n1)NC1CCC1. The molecule has 1 aromatic carbocycles. The van der Waals surface area contributed by atoms with E-state index >= 15 is 0 Å². The average molecular weight is 526 g/mol. The molecule has 0 radical (unpaired) electrons. The zero-order chi connectivity index (χ0) is 25.6. The Balaban J connectivity index is 1.32. The van der Waals surface area contributed by atoms with Crippen LogP contribution in [-0.4, -0.2) is 58.2 Å². The fourth-order valence-corrected chi connectivity index (χ4v) is 6.10. The van der Waals surface area contributed by atoms with Gasteiger partial charge in [-0.25, -0.2) is 0 Å². The minimum Gasteiger partial charge on any atom is -0.353 e. The summed E-state index contributed by atoms with van der Waals surface area (Å²) in [7, 11) is 0. The quantitative estimate of drug-likeness (QED) is 0.438. The molecule has 2 N–H and O–H groups in total. The molecule has 3 aliphatic rings. The molecule has 5 rings (SSSR count). The molecule has 1 atom stereocenters. The van der Waals surface area contributed by atoms with Gasteiger partial charge in [-0.3, -0.25) is 14.3 Å². The van der Waals surface area contributed by atoms with Crippen molar-refractivity contribution in [1.82, 2.24) is 25.3 Å². The molecule has 2 saturated carbocycles. The molecule has 2 heterocycles. The van der Waals surface area contributed by atoms with Crippen LogP contribution in [0.4, 0.5) is 0 Å². The van der Waals surface area contributed by atoms with Gasteiger partial charge in [-0.15, -0.1) is 0 Å². The number of likely N-dealkylation sites (tertiary alicyclic amines) is 1. The van der Waals surface area contributed by atoms with Crippen LogP contribution in [0.5, 0.6) is 0 Å². The number of halogens is 1. The van der Waals surface area contributed by atoms with E-state index in [1.165, 1.54) is 38.5 Å². The van der Waals surface area contributed by atoms with Gasteiger partial charge in [-0.1, -0.05) is 49.1 Å². The van der Waals surface area contributed by atoms with Gasteiger partial charge in [0, 0.05) is 35.6 Å². The van der Waals surface area contributed by atoms with Gasteiger partial charge >= 0.3 is 0 Å². The van der Waals surface area contributed by atoms with Crippen LogP contribution in [0.15, 0.2) is 30.3 Å². The molecule has 0 spiro atoms. The summed E-state index contributed by atoms with van der Waals surface area (Å²) in [5.41, 5.74) is 2.17. The molecule has 2 aromatic rings. The van der Waals surface area contributed by atoms with Crippen molar-refractivity contribution in [3.05, 3.63) is 41.0 Å². The molecule has 7 nitrogen and oxygen atoms in total. The molecule has 0 unspecified atom stereocenters. The van der Waals surface area contributed by atoms with Crippen LogP contribution in [0.25, 0.3) is 11.3 Å². The summed E-state index contributed by atoms with van der Waals surface area (Å²) in [6, 6.07) is 9.95. The maximum absolute atomic E-state index is 13.5. The number of carbonyl (C=O) groups excluding carboxylic acids is 2. The molecular weight excluding hydrogens is 486 g/mol. The van der Waals surface area contributed by atoms with Gasteiger partial charge in [-0.2, -0.15) is 5.10 Å². The first-order valence-electron chi connectivity index (χ1n) is 14.2. The summed E-state index contributed by atoms with van der Waals surface area (Å²) in [6.45, 7) is 3.09. The maximum Gasteiger partial charge on any atom is 0.272 e. The van der Waals surface area contributed by atoms with E-state index < -0.39 is 0 Å². The first-order valence-corrected chi connectivity index (χ1v) is 14.6. The molecule has 1 saturated heterocycles. The number of carbonyl (C=O) groups is 2. The molecule has 8 heteroatoms. The number of rotatable bonds is 10. The van der Waals surface area contributed by atoms with E-state index in [4.69, 9.17) is 16.7 Å². The number of hydrogen-bond acceptors (Lipinski definition) is 4. The Morgan fingerprint density at radius 3 is 2.46 bits per heavy atom. The highest BCUT2D eigenvalue weighted by molar-refractivity contribution is 6.33. The van der Waals surface area contributed by atoms with E-state index in [-0.39, 0.29) is 23.9 Å². The van der Waals surface area contributed by atoms with Crippen molar-refractivity contribution in [2.24, 2.45) is 0 Å². The van der Waals surface area contributed by atoms with Crippen molar-refractivity contribution in [3.63, 3.8) is 0 Å². The molecule has 0 bridgehead atoms. The first-order chi connectivity index (χ1) is 18.1. The van der Waals surface area contributed by atoms with Crippen molar-refractivity contribution in [2.45, 2.75) is 95.2 Å². The van der Waals surface area contributed by atoms with Gasteiger partial charge in [0.1, 0.15) is 0 Å². The fourth-order valence-electron chi connectivity index (χ4n) is 5.87. The Kier molecular flexibility index (Phi) is 8.82. The van der Waals surface area contributed by atoms with E-state index in [2.05, 4.69) is 15.5 Å². The Morgan fingerprint density at radius 2 is 1.76 bits per heavy atom. The van der Waals surface area contributed by atoms with Gasteiger partial charge in [0.15, 0.2) is 5.69 Å². The molecular formula is C29H40ClN5O2. The Labute approximate surface area is 225 Å². The van der Waals surface area contributed by atoms with Crippen molar-refractivity contribution in [1.29, 1.82) is 0 Å². The average Bonchev–Trinajstić information content (AvgIpc) is 3.56. The van der Waals surface area contributed by atoms with Crippen LogP contribution in [0, 0.1) is 0 Å². The summed E-state index contributed by atoms with van der Waals surface area (Å²) in [5.74, 6) is -0.188. The lowest BCUT2D eigenvalue weighted by atomic mass is 9.93. The van der Waals surface area contributed by atoms with Gasteiger partial charge in [0.05, 0.1) is 11.7 Å². The molecule has 200 valence electrons. The predicted molar refractivity (Wildman–Crippen MR) is 147 cm³/mol. The highest BCUT2D eigenvalue weighted by atomic mass is 35.5. The zero-order valence-electron chi connectivity index (χ0n) is 21.8. The monoisotopic (exact) mass is 525 g/mol. The second-order valence-corrected chi connectivity index (χ2v) is 11.4. The normalized spacial score (nSPS) is 19.9. The van der Waals surface area contributed by atoms with Crippen LogP contribution in [0.3, 0.4) is 0 Å². The molecule has 1 aliphatic heterocycles. The third kappa shape index (κ3) is 6.74. The number of piperidine rings is 1. The largest absolute Gasteiger partial charge is 0.353 e. The summed E-state index contributed by atoms with van der Waals surface area (Å²) in [5, 5.41) is 11.8. The van der Waals surface area contributed by atoms with Crippen LogP contribution < -0.4 is 10.6 Å². The Bertz CT molecular complexity index is 1070. The van der Waals surface area contributed by atoms with E-state index in [0.717, 1.165) is 63.0 Å². The lowest BCUT2D eigenvalue weighted by Gasteiger charge is -2.29. The number of nitrogens with one attached hydrogen (secondary N) is 2. The highest BCUT2D eigenvalue weighted by Gasteiger charge is 2.27. The molecule has 2 amide bonds. The van der Waals surface area contributed by atoms with E-state index in [9.17, 15) is 9.59 Å².